The number of hydrogen-bond donors (Lipinski definition) is 2. The second-order valence-corrected chi connectivity index (χ2v) is 7.16. The second-order valence-electron chi connectivity index (χ2n) is 3.77. The molecule has 0 saturated carbocycles. The van der Waals surface area contributed by atoms with E-state index < -0.39 is 15.8 Å². The number of anilines is 2. The SMILES string of the molecule is Nc1cc(Br)cc(Br)c1S(=O)(=O)Nc1ccc(F)cn1. The Balaban J connectivity index is 2.43. The average molecular weight is 425 g/mol. The summed E-state index contributed by atoms with van der Waals surface area (Å²) in [6.07, 6.45) is 0.915. The van der Waals surface area contributed by atoms with E-state index in [1.54, 1.807) is 6.07 Å². The lowest BCUT2D eigenvalue weighted by molar-refractivity contribution is 0.600. The van der Waals surface area contributed by atoms with Crippen molar-refractivity contribution in [2.45, 2.75) is 4.90 Å². The van der Waals surface area contributed by atoms with Crippen LogP contribution < -0.4 is 10.5 Å². The van der Waals surface area contributed by atoms with Gasteiger partial charge >= 0.3 is 0 Å². The molecule has 20 heavy (non-hydrogen) atoms. The van der Waals surface area contributed by atoms with Gasteiger partial charge in [-0.2, -0.15) is 0 Å². The van der Waals surface area contributed by atoms with Crippen LogP contribution in [0.5, 0.6) is 0 Å². The van der Waals surface area contributed by atoms with Crippen LogP contribution in [0.1, 0.15) is 0 Å². The fraction of sp³-hybridized carbons (Fsp3) is 0. The van der Waals surface area contributed by atoms with Crippen molar-refractivity contribution in [3.8, 4) is 0 Å². The fourth-order valence-electron chi connectivity index (χ4n) is 1.49. The highest BCUT2D eigenvalue weighted by atomic mass is 79.9. The molecular formula is C11H8Br2FN3O2S. The summed E-state index contributed by atoms with van der Waals surface area (Å²) in [7, 11) is -3.93. The molecule has 9 heteroatoms. The van der Waals surface area contributed by atoms with Gasteiger partial charge in [0.2, 0.25) is 0 Å². The van der Waals surface area contributed by atoms with Crippen LogP contribution in [-0.2, 0) is 10.0 Å². The van der Waals surface area contributed by atoms with Gasteiger partial charge in [-0.25, -0.2) is 17.8 Å². The summed E-state index contributed by atoms with van der Waals surface area (Å²) in [6.45, 7) is 0. The number of nitrogens with zero attached hydrogens (tertiary/aromatic N) is 1. The van der Waals surface area contributed by atoms with Gasteiger partial charge in [-0.1, -0.05) is 15.9 Å². The third-order valence-electron chi connectivity index (χ3n) is 2.27. The Morgan fingerprint density at radius 2 is 1.95 bits per heavy atom. The van der Waals surface area contributed by atoms with Crippen LogP contribution in [0.2, 0.25) is 0 Å². The Bertz CT molecular complexity index is 728. The second kappa shape index (κ2) is 5.66. The van der Waals surface area contributed by atoms with E-state index in [1.165, 1.54) is 12.1 Å². The summed E-state index contributed by atoms with van der Waals surface area (Å²) >= 11 is 6.36. The normalized spacial score (nSPS) is 11.3. The highest BCUT2D eigenvalue weighted by molar-refractivity contribution is 9.11. The van der Waals surface area contributed by atoms with Crippen molar-refractivity contribution < 1.29 is 12.8 Å². The molecular weight excluding hydrogens is 417 g/mol. The van der Waals surface area contributed by atoms with Crippen LogP contribution >= 0.6 is 31.9 Å². The minimum atomic E-state index is -3.93. The van der Waals surface area contributed by atoms with E-state index in [0.717, 1.165) is 12.3 Å². The van der Waals surface area contributed by atoms with Gasteiger partial charge in [0, 0.05) is 8.95 Å². The number of aromatic nitrogens is 1. The molecule has 2 rings (SSSR count). The first-order valence-corrected chi connectivity index (χ1v) is 8.25. The first-order chi connectivity index (χ1) is 9.29. The Hall–Kier alpha value is -1.19. The summed E-state index contributed by atoms with van der Waals surface area (Å²) in [6, 6.07) is 5.35. The maximum atomic E-state index is 12.7. The van der Waals surface area contributed by atoms with Gasteiger partial charge in [0.05, 0.1) is 11.9 Å². The first-order valence-electron chi connectivity index (χ1n) is 5.18. The van der Waals surface area contributed by atoms with Crippen LogP contribution in [0.15, 0.2) is 44.3 Å². The van der Waals surface area contributed by atoms with Crippen molar-refractivity contribution in [3.63, 3.8) is 0 Å². The maximum absolute atomic E-state index is 12.7. The highest BCUT2D eigenvalue weighted by Gasteiger charge is 2.22. The van der Waals surface area contributed by atoms with Gasteiger partial charge in [-0.05, 0) is 40.2 Å². The lowest BCUT2D eigenvalue weighted by Crippen LogP contribution is -2.16. The van der Waals surface area contributed by atoms with E-state index in [-0.39, 0.29) is 16.4 Å². The molecule has 1 heterocycles. The lowest BCUT2D eigenvalue weighted by atomic mass is 10.3. The predicted molar refractivity (Wildman–Crippen MR) is 81.3 cm³/mol. The number of rotatable bonds is 3. The Morgan fingerprint density at radius 3 is 2.50 bits per heavy atom. The van der Waals surface area contributed by atoms with Crippen molar-refractivity contribution in [2.75, 3.05) is 10.5 Å². The van der Waals surface area contributed by atoms with Gasteiger partial charge in [-0.15, -0.1) is 0 Å². The molecule has 2 aromatic rings. The van der Waals surface area contributed by atoms with Gasteiger partial charge in [-0.3, -0.25) is 4.72 Å². The van der Waals surface area contributed by atoms with Crippen LogP contribution in [0.4, 0.5) is 15.9 Å². The summed E-state index contributed by atoms with van der Waals surface area (Å²) < 4.78 is 40.5. The van der Waals surface area contributed by atoms with E-state index in [0.29, 0.717) is 8.95 Å². The number of benzene rings is 1. The van der Waals surface area contributed by atoms with Crippen LogP contribution in [0.3, 0.4) is 0 Å². The van der Waals surface area contributed by atoms with Crippen molar-refractivity contribution in [1.82, 2.24) is 4.98 Å². The number of nitrogens with one attached hydrogen (secondary N) is 1. The standard InChI is InChI=1S/C11H8Br2FN3O2S/c12-6-3-8(13)11(9(15)4-6)20(18,19)17-10-2-1-7(14)5-16-10/h1-5H,15H2,(H,16,17). The summed E-state index contributed by atoms with van der Waals surface area (Å²) in [4.78, 5) is 3.53. The molecule has 106 valence electrons. The topological polar surface area (TPSA) is 85.1 Å². The zero-order valence-corrected chi connectivity index (χ0v) is 13.8. The third kappa shape index (κ3) is 3.28. The molecule has 0 radical (unpaired) electrons. The third-order valence-corrected chi connectivity index (χ3v) is 5.09. The number of pyridine rings is 1. The Labute approximate surface area is 131 Å². The monoisotopic (exact) mass is 423 g/mol. The highest BCUT2D eigenvalue weighted by Crippen LogP contribution is 2.32. The summed E-state index contributed by atoms with van der Waals surface area (Å²) in [5.74, 6) is -0.557. The zero-order valence-electron chi connectivity index (χ0n) is 9.77. The number of sulfonamides is 1. The molecule has 3 N–H and O–H groups in total. The molecule has 5 nitrogen and oxygen atoms in total. The summed E-state index contributed by atoms with van der Waals surface area (Å²) in [5.41, 5.74) is 5.80. The van der Waals surface area contributed by atoms with E-state index in [2.05, 4.69) is 41.6 Å². The van der Waals surface area contributed by atoms with Crippen molar-refractivity contribution in [2.24, 2.45) is 0 Å². The van der Waals surface area contributed by atoms with Crippen LogP contribution in [-0.4, -0.2) is 13.4 Å². The van der Waals surface area contributed by atoms with E-state index in [1.807, 2.05) is 0 Å². The number of halogens is 3. The van der Waals surface area contributed by atoms with Gasteiger partial charge in [0.1, 0.15) is 16.5 Å². The fourth-order valence-corrected chi connectivity index (χ4v) is 4.57. The molecule has 1 aromatic carbocycles. The minimum absolute atomic E-state index is 0.000573. The minimum Gasteiger partial charge on any atom is -0.398 e. The molecule has 0 bridgehead atoms. The van der Waals surface area contributed by atoms with E-state index in [4.69, 9.17) is 5.73 Å². The predicted octanol–water partition coefficient (Wildman–Crippen LogP) is 3.13. The average Bonchev–Trinajstić information content (AvgIpc) is 2.30. The van der Waals surface area contributed by atoms with E-state index >= 15 is 0 Å². The maximum Gasteiger partial charge on any atom is 0.266 e. The van der Waals surface area contributed by atoms with Gasteiger partial charge in [0.15, 0.2) is 0 Å². The number of nitrogens with two attached hydrogens (primary N) is 1. The molecule has 0 amide bonds. The van der Waals surface area contributed by atoms with E-state index in [9.17, 15) is 12.8 Å². The Kier molecular flexibility index (Phi) is 4.31. The molecule has 0 aliphatic carbocycles. The molecule has 0 atom stereocenters. The smallest absolute Gasteiger partial charge is 0.266 e. The number of nitrogen functional groups attached to an aromatic ring is 1. The lowest BCUT2D eigenvalue weighted by Gasteiger charge is -2.11. The first kappa shape index (κ1) is 15.2. The molecule has 0 fully saturated rings. The largest absolute Gasteiger partial charge is 0.398 e. The molecule has 1 aromatic heterocycles. The van der Waals surface area contributed by atoms with Gasteiger partial charge in [0.25, 0.3) is 10.0 Å². The Morgan fingerprint density at radius 1 is 1.25 bits per heavy atom. The van der Waals surface area contributed by atoms with Crippen LogP contribution in [0, 0.1) is 5.82 Å². The quantitative estimate of drug-likeness (QED) is 0.741. The molecule has 0 aliphatic rings. The van der Waals surface area contributed by atoms with Gasteiger partial charge < -0.3 is 5.73 Å². The molecule has 0 unspecified atom stereocenters. The van der Waals surface area contributed by atoms with Crippen LogP contribution in [0.25, 0.3) is 0 Å². The zero-order chi connectivity index (χ0) is 14.9. The molecule has 0 saturated heterocycles. The molecule has 0 aliphatic heterocycles. The van der Waals surface area contributed by atoms with Crippen molar-refractivity contribution >= 4 is 53.4 Å². The van der Waals surface area contributed by atoms with Crippen molar-refractivity contribution in [1.29, 1.82) is 0 Å². The summed E-state index contributed by atoms with van der Waals surface area (Å²) in [5, 5.41) is 0. The number of hydrogen-bond acceptors (Lipinski definition) is 4. The van der Waals surface area contributed by atoms with Crippen molar-refractivity contribution in [3.05, 3.63) is 45.2 Å². The molecule has 0 spiro atoms.